The zero-order valence-corrected chi connectivity index (χ0v) is 85.5. The number of ether oxygens (including phenoxy) is 8. The number of carbonyl (C=O) groups is 4. The maximum absolute atomic E-state index is 13.0. The summed E-state index contributed by atoms with van der Waals surface area (Å²) in [5.41, 5.74) is 2.03. The van der Waals surface area contributed by atoms with Crippen LogP contribution in [-0.2, 0) is 81.7 Å². The molecule has 140 heavy (non-hydrogen) atoms. The van der Waals surface area contributed by atoms with E-state index >= 15 is 0 Å². The van der Waals surface area contributed by atoms with Crippen LogP contribution in [0.5, 0.6) is 23.0 Å². The Balaban J connectivity index is 0.000000119. The topological polar surface area (TPSA) is 142 Å². The van der Waals surface area contributed by atoms with Gasteiger partial charge in [0.1, 0.15) is 45.4 Å². The lowest BCUT2D eigenvalue weighted by molar-refractivity contribution is -0.205. The Labute approximate surface area is 841 Å². The monoisotopic (exact) mass is 1940 g/mol. The molecule has 12 aromatic rings. The molecule has 0 amide bonds. The fourth-order valence-electron chi connectivity index (χ4n) is 25.8. The second-order valence-corrected chi connectivity index (χ2v) is 49.7. The molecule has 16 heteroatoms. The summed E-state index contributed by atoms with van der Waals surface area (Å²) in [6, 6.07) is 112. The Kier molecular flexibility index (Phi) is 31.0. The van der Waals surface area contributed by atoms with E-state index in [0.29, 0.717) is 52.8 Å². The Morgan fingerprint density at radius 3 is 0.779 bits per heavy atom. The third kappa shape index (κ3) is 22.6. The molecule has 0 heterocycles. The summed E-state index contributed by atoms with van der Waals surface area (Å²) >= 11 is 0. The van der Waals surface area contributed by atoms with Crippen molar-refractivity contribution >= 4 is 67.5 Å². The molecule has 0 atom stereocenters. The van der Waals surface area contributed by atoms with Crippen LogP contribution in [0.2, 0.25) is 0 Å². The van der Waals surface area contributed by atoms with Gasteiger partial charge in [-0.3, -0.25) is 0 Å². The third-order valence-electron chi connectivity index (χ3n) is 32.4. The first kappa shape index (κ1) is 97.9. The van der Waals surface area contributed by atoms with Crippen LogP contribution in [0.1, 0.15) is 179 Å². The van der Waals surface area contributed by atoms with Gasteiger partial charge in [0, 0.05) is 17.7 Å². The normalized spacial score (nSPS) is 25.3. The van der Waals surface area contributed by atoms with Crippen LogP contribution < -0.4 is 18.9 Å². The fraction of sp³-hybridized carbons (Fsp3) is 0.387. The number of aryl methyl sites for hydroxylation is 3. The van der Waals surface area contributed by atoms with Crippen LogP contribution in [0.25, 0.3) is 0 Å². The van der Waals surface area contributed by atoms with Gasteiger partial charge >= 0.3 is 23.9 Å². The van der Waals surface area contributed by atoms with Crippen molar-refractivity contribution in [3.05, 3.63) is 338 Å². The lowest BCUT2D eigenvalue weighted by Crippen LogP contribution is -2.58. The Hall–Kier alpha value is -10.9. The second-order valence-electron chi connectivity index (χ2n) is 41.6. The van der Waals surface area contributed by atoms with Crippen LogP contribution >= 0.6 is 0 Å². The highest BCUT2D eigenvalue weighted by Crippen LogP contribution is 2.63. The van der Waals surface area contributed by atoms with E-state index in [4.69, 9.17) is 37.9 Å². The summed E-state index contributed by atoms with van der Waals surface area (Å²) in [6.07, 6.45) is 25.2. The van der Waals surface area contributed by atoms with Gasteiger partial charge in [-0.05, 0) is 416 Å². The first-order chi connectivity index (χ1) is 68.2. The van der Waals surface area contributed by atoms with E-state index < -0.39 is 0 Å². The highest BCUT2D eigenvalue weighted by atomic mass is 32.2. The maximum atomic E-state index is 13.0. The minimum atomic E-state index is -0.318. The smallest absolute Gasteiger partial charge is 0.344 e. The van der Waals surface area contributed by atoms with Crippen molar-refractivity contribution in [3.8, 4) is 23.0 Å². The molecule has 13 aliphatic rings. The van der Waals surface area contributed by atoms with Gasteiger partial charge in [-0.15, -0.1) is 0 Å². The number of rotatable bonds is 29. The van der Waals surface area contributed by atoms with Crippen LogP contribution in [0.3, 0.4) is 0 Å². The number of carbonyl (C=O) groups excluding carboxylic acids is 4. The van der Waals surface area contributed by atoms with Gasteiger partial charge in [-0.2, -0.15) is 0 Å². The highest BCUT2D eigenvalue weighted by Gasteiger charge is 2.60. The van der Waals surface area contributed by atoms with Crippen LogP contribution in [0, 0.1) is 91.8 Å². The average molecular weight is 1950 g/mol. The van der Waals surface area contributed by atoms with Gasteiger partial charge in [0.05, 0.1) is 43.6 Å². The minimum absolute atomic E-state index is 0.0357. The molecule has 0 saturated heterocycles. The van der Waals surface area contributed by atoms with Gasteiger partial charge in [-0.1, -0.05) is 159 Å². The first-order valence-electron chi connectivity index (χ1n) is 51.4. The molecule has 0 spiro atoms. The van der Waals surface area contributed by atoms with Crippen molar-refractivity contribution in [2.45, 2.75) is 264 Å². The molecule has 0 radical (unpaired) electrons. The van der Waals surface area contributed by atoms with Gasteiger partial charge in [0.15, 0.2) is 85.2 Å². The summed E-state index contributed by atoms with van der Waals surface area (Å²) in [5, 5.41) is 0. The van der Waals surface area contributed by atoms with Crippen LogP contribution in [-0.4, -0.2) is 72.7 Å². The predicted molar refractivity (Wildman–Crippen MR) is 559 cm³/mol. The average Bonchev–Trinajstić information content (AvgIpc) is 0.738. The largest absolute Gasteiger partial charge is 0.482 e. The molecule has 13 aliphatic carbocycles. The molecule has 0 aromatic heterocycles. The van der Waals surface area contributed by atoms with Gasteiger partial charge in [0.25, 0.3) is 0 Å². The lowest BCUT2D eigenvalue weighted by Gasteiger charge is -2.59. The van der Waals surface area contributed by atoms with E-state index in [1.54, 1.807) is 0 Å². The molecular formula is C124H136O12S4+4. The summed E-state index contributed by atoms with van der Waals surface area (Å²) < 4.78 is 48.2. The number of hydrogen-bond donors (Lipinski definition) is 0. The van der Waals surface area contributed by atoms with Crippen LogP contribution in [0.15, 0.2) is 380 Å². The Morgan fingerprint density at radius 2 is 0.500 bits per heavy atom. The van der Waals surface area contributed by atoms with Crippen molar-refractivity contribution in [2.24, 2.45) is 71.0 Å². The molecule has 0 unspecified atom stereocenters. The molecule has 12 nitrogen and oxygen atoms in total. The molecule has 12 aromatic carbocycles. The summed E-state index contributed by atoms with van der Waals surface area (Å²) in [6.45, 7) is 14.8. The molecule has 0 aliphatic heterocycles. The summed E-state index contributed by atoms with van der Waals surface area (Å²) in [7, 11) is -0.814. The molecule has 13 saturated carbocycles. The molecule has 25 rings (SSSR count). The third-order valence-corrected chi connectivity index (χ3v) is 41.4. The van der Waals surface area contributed by atoms with E-state index in [-0.39, 0.29) is 116 Å². The molecule has 12 bridgehead atoms. The molecule has 13 fully saturated rings. The van der Waals surface area contributed by atoms with Crippen molar-refractivity contribution in [2.75, 3.05) is 26.4 Å². The van der Waals surface area contributed by atoms with Crippen molar-refractivity contribution in [1.29, 1.82) is 0 Å². The van der Waals surface area contributed by atoms with Gasteiger partial charge in [-0.25, -0.2) is 19.2 Å². The van der Waals surface area contributed by atoms with Gasteiger partial charge < -0.3 is 37.9 Å². The van der Waals surface area contributed by atoms with E-state index in [1.165, 1.54) is 161 Å². The zero-order chi connectivity index (χ0) is 96.3. The summed E-state index contributed by atoms with van der Waals surface area (Å²) in [4.78, 5) is 66.4. The SMILES string of the molecule is CC1(OC(=O)COc2ccc([S+](c3ccccc3)c3ccccc3)cc2)C2CC3CC(C2)CC1C3.CCC1(OC(=O)COc2ccc([S+](c3ccccc3)c3ccccc3)cc2)CCCCC1.Cc1cc(OCC(=O)OC2(C)C3CC4CC(C3)CC2C4)ccc1[S+](c1ccccc1)c1ccccc1.Cc1cc([S+](c2ccccc2)c2ccccc2)cc(C)c1OCC(=O)OC1(C)C2CC3CC(C2)CC1C3. The highest BCUT2D eigenvalue weighted by molar-refractivity contribution is 7.98. The van der Waals surface area contributed by atoms with Crippen molar-refractivity contribution in [3.63, 3.8) is 0 Å². The molecule has 724 valence electrons. The van der Waals surface area contributed by atoms with Crippen molar-refractivity contribution in [1.82, 2.24) is 0 Å². The Morgan fingerprint density at radius 1 is 0.257 bits per heavy atom. The van der Waals surface area contributed by atoms with E-state index in [0.717, 1.165) is 90.1 Å². The van der Waals surface area contributed by atoms with Crippen molar-refractivity contribution < 1.29 is 57.1 Å². The van der Waals surface area contributed by atoms with E-state index in [2.05, 4.69) is 328 Å². The standard InChI is InChI=1S/C33H37O3S.C32H35O3S.C31H33O3S.C28H31O3S/c1-22-14-30(37(28-10-6-4-7-11-28)29-12-8-5-9-13-29)15-23(2)32(22)35-21-31(34)36-33(3)26-17-24-16-25(19-26)20-27(33)18-24;1-22-15-27(13-14-30(22)36(28-9-5-3-6-10-28)29-11-7-4-8-12-29)34-21-31(33)35-32(2)25-17-23-16-24(19-25)20-26(32)18-23;1-31(24-17-22-16-23(19-24)20-25(31)18-22)34-30(32)21-33-26-12-14-29(15-13-26)35(27-8-4-2-5-9-27)28-10-6-3-7-11-28;1-2-28(20-10-5-11-21-28)31-27(29)22-30-23-16-18-26(19-17-23)32(24-12-6-3-7-13-24)25-14-8-4-9-15-25/h4-15,24-27H,16-21H2,1-3H3;3-15,23-26H,16-21H2,1-2H3;2-15,22-25H,16-21H2,1H3;3-4,6-9,12-19H,2,5,10-11,20-22H2,1H3/q4*+1. The predicted octanol–water partition coefficient (Wildman–Crippen LogP) is 28.5. The van der Waals surface area contributed by atoms with Crippen LogP contribution in [0.4, 0.5) is 0 Å². The van der Waals surface area contributed by atoms with Gasteiger partial charge in [0.2, 0.25) is 0 Å². The summed E-state index contributed by atoms with van der Waals surface area (Å²) in [5.74, 6) is 10.2. The molecular weight excluding hydrogens is 1810 g/mol. The van der Waals surface area contributed by atoms with E-state index in [9.17, 15) is 19.2 Å². The quantitative estimate of drug-likeness (QED) is 0.0250. The fourth-order valence-corrected chi connectivity index (χ4v) is 34.5. The minimum Gasteiger partial charge on any atom is -0.482 e. The zero-order valence-electron chi connectivity index (χ0n) is 82.2. The number of benzene rings is 12. The lowest BCUT2D eigenvalue weighted by atomic mass is 9.50. The maximum Gasteiger partial charge on any atom is 0.344 e. The number of esters is 4. The van der Waals surface area contributed by atoms with E-state index in [1.807, 2.05) is 42.5 Å². The number of hydrogen-bond acceptors (Lipinski definition) is 12. The Bertz CT molecular complexity index is 5860. The second kappa shape index (κ2) is 44.3. The molecule has 0 N–H and O–H groups in total. The first-order valence-corrected chi connectivity index (χ1v) is 56.3.